The van der Waals surface area contributed by atoms with E-state index in [-0.39, 0.29) is 24.3 Å². The number of amides is 3. The second-order valence-corrected chi connectivity index (χ2v) is 8.91. The van der Waals surface area contributed by atoms with Gasteiger partial charge < -0.3 is 19.9 Å². The lowest BCUT2D eigenvalue weighted by Crippen LogP contribution is -2.39. The molecule has 2 aliphatic heterocycles. The van der Waals surface area contributed by atoms with Gasteiger partial charge in [0.2, 0.25) is 12.3 Å². The van der Waals surface area contributed by atoms with Crippen molar-refractivity contribution in [3.63, 3.8) is 0 Å². The maximum absolute atomic E-state index is 13.2. The van der Waals surface area contributed by atoms with Gasteiger partial charge in [-0.05, 0) is 48.4 Å². The molecule has 0 spiro atoms. The Kier molecular flexibility index (Phi) is 8.32. The molecule has 2 aliphatic rings. The summed E-state index contributed by atoms with van der Waals surface area (Å²) in [4.78, 5) is 64.4. The van der Waals surface area contributed by atoms with Gasteiger partial charge in [-0.2, -0.15) is 0 Å². The average Bonchev–Trinajstić information content (AvgIpc) is 3.24. The van der Waals surface area contributed by atoms with Crippen LogP contribution in [0.5, 0.6) is 0 Å². The number of nitrogens with zero attached hydrogens (tertiary/aromatic N) is 3. The number of piperidine rings is 1. The quantitative estimate of drug-likeness (QED) is 0.523. The largest absolute Gasteiger partial charge is 0.359 e. The van der Waals surface area contributed by atoms with Crippen molar-refractivity contribution in [1.82, 2.24) is 20.0 Å². The number of carbonyl (C=O) groups is 5. The Bertz CT molecular complexity index is 910. The van der Waals surface area contributed by atoms with Gasteiger partial charge in [0.15, 0.2) is 6.29 Å². The van der Waals surface area contributed by atoms with Crippen LogP contribution in [0.3, 0.4) is 0 Å². The maximum Gasteiger partial charge on any atom is 0.254 e. The van der Waals surface area contributed by atoms with Gasteiger partial charge in [-0.1, -0.05) is 0 Å². The first-order valence-electron chi connectivity index (χ1n) is 11.4. The number of carbonyl (C=O) groups excluding carboxylic acids is 5. The molecule has 9 heteroatoms. The molecule has 0 bridgehead atoms. The van der Waals surface area contributed by atoms with Crippen molar-refractivity contribution in [3.05, 3.63) is 34.4 Å². The summed E-state index contributed by atoms with van der Waals surface area (Å²) in [5.41, 5.74) is 2.63. The molecule has 9 nitrogen and oxygen atoms in total. The van der Waals surface area contributed by atoms with Crippen LogP contribution in [0, 0.1) is 5.92 Å². The number of likely N-dealkylation sites (N-methyl/N-ethyl adjacent to an activating group) is 1. The highest BCUT2D eigenvalue weighted by atomic mass is 16.2. The van der Waals surface area contributed by atoms with Gasteiger partial charge in [0.05, 0.1) is 11.6 Å². The number of aldehydes is 2. The fourth-order valence-electron chi connectivity index (χ4n) is 4.66. The first kappa shape index (κ1) is 24.6. The first-order valence-corrected chi connectivity index (χ1v) is 11.4. The van der Waals surface area contributed by atoms with Crippen LogP contribution >= 0.6 is 0 Å². The van der Waals surface area contributed by atoms with E-state index in [1.165, 1.54) is 19.0 Å². The van der Waals surface area contributed by atoms with Crippen LogP contribution in [0.2, 0.25) is 0 Å². The van der Waals surface area contributed by atoms with Crippen LogP contribution in [0.4, 0.5) is 0 Å². The van der Waals surface area contributed by atoms with Gasteiger partial charge in [0.25, 0.3) is 5.91 Å². The number of rotatable bonds is 10. The number of fused-ring (bicyclic) bond motifs is 1. The van der Waals surface area contributed by atoms with Gasteiger partial charge in [-0.15, -0.1) is 0 Å². The third-order valence-corrected chi connectivity index (χ3v) is 6.75. The monoisotopic (exact) mass is 456 g/mol. The summed E-state index contributed by atoms with van der Waals surface area (Å²) in [6.07, 6.45) is 4.54. The molecule has 2 heterocycles. The number of hydrogen-bond acceptors (Lipinski definition) is 6. The lowest BCUT2D eigenvalue weighted by molar-refractivity contribution is -0.121. The van der Waals surface area contributed by atoms with Crippen molar-refractivity contribution in [2.24, 2.45) is 5.92 Å². The lowest BCUT2D eigenvalue weighted by atomic mass is 9.96. The molecule has 0 aliphatic carbocycles. The average molecular weight is 457 g/mol. The van der Waals surface area contributed by atoms with Crippen molar-refractivity contribution in [2.75, 3.05) is 33.7 Å². The third kappa shape index (κ3) is 5.84. The zero-order chi connectivity index (χ0) is 24.0. The molecule has 0 saturated carbocycles. The second kappa shape index (κ2) is 11.2. The SMILES string of the molecule is CNC(=O)CCC(C=O)N(C)C(=O)c1cc2c(cc1C=O)CN(CC1CCN(C=O)CC1)C2. The van der Waals surface area contributed by atoms with Crippen LogP contribution in [0.1, 0.15) is 57.5 Å². The van der Waals surface area contributed by atoms with E-state index in [1.807, 2.05) is 0 Å². The molecule has 0 aromatic heterocycles. The first-order chi connectivity index (χ1) is 15.9. The Hall–Kier alpha value is -3.07. The van der Waals surface area contributed by atoms with Crippen LogP contribution in [0.25, 0.3) is 0 Å². The highest BCUT2D eigenvalue weighted by Gasteiger charge is 2.29. The maximum atomic E-state index is 13.2. The Labute approximate surface area is 194 Å². The number of likely N-dealkylation sites (tertiary alicyclic amines) is 1. The standard InChI is InChI=1S/C24H32N4O5/c1-25-23(32)4-3-21(15-30)26(2)24(33)22-10-19-13-28(12-18(19)9-20(22)14-29)11-17-5-7-27(16-31)8-6-17/h9-10,14-17,21H,3-8,11-13H2,1-2H3,(H,25,32). The number of benzene rings is 1. The zero-order valence-electron chi connectivity index (χ0n) is 19.3. The van der Waals surface area contributed by atoms with Crippen molar-refractivity contribution < 1.29 is 24.0 Å². The van der Waals surface area contributed by atoms with E-state index in [1.54, 1.807) is 17.0 Å². The smallest absolute Gasteiger partial charge is 0.254 e. The van der Waals surface area contributed by atoms with Crippen LogP contribution in [0.15, 0.2) is 12.1 Å². The van der Waals surface area contributed by atoms with Crippen LogP contribution in [-0.4, -0.2) is 85.3 Å². The van der Waals surface area contributed by atoms with E-state index in [2.05, 4.69) is 10.2 Å². The topological polar surface area (TPSA) is 107 Å². The summed E-state index contributed by atoms with van der Waals surface area (Å²) < 4.78 is 0. The van der Waals surface area contributed by atoms with E-state index in [0.29, 0.717) is 30.6 Å². The summed E-state index contributed by atoms with van der Waals surface area (Å²) in [6, 6.07) is 2.79. The minimum atomic E-state index is -0.753. The molecule has 1 N–H and O–H groups in total. The summed E-state index contributed by atoms with van der Waals surface area (Å²) in [7, 11) is 3.04. The molecule has 1 aromatic rings. The normalized spacial score (nSPS) is 17.2. The van der Waals surface area contributed by atoms with Gasteiger partial charge in [0.1, 0.15) is 6.29 Å². The van der Waals surface area contributed by atoms with Crippen molar-refractivity contribution in [2.45, 2.75) is 44.8 Å². The van der Waals surface area contributed by atoms with Crippen molar-refractivity contribution >= 4 is 30.8 Å². The molecule has 1 unspecified atom stereocenters. The Morgan fingerprint density at radius 2 is 1.82 bits per heavy atom. The van der Waals surface area contributed by atoms with Crippen LogP contribution in [-0.2, 0) is 27.5 Å². The van der Waals surface area contributed by atoms with Gasteiger partial charge in [-0.25, -0.2) is 0 Å². The van der Waals surface area contributed by atoms with Gasteiger partial charge in [-0.3, -0.25) is 24.1 Å². The van der Waals surface area contributed by atoms with E-state index < -0.39 is 11.9 Å². The summed E-state index contributed by atoms with van der Waals surface area (Å²) in [5, 5.41) is 2.50. The summed E-state index contributed by atoms with van der Waals surface area (Å²) >= 11 is 0. The number of nitrogens with one attached hydrogen (secondary N) is 1. The highest BCUT2D eigenvalue weighted by molar-refractivity contribution is 6.02. The molecule has 1 aromatic carbocycles. The molecule has 3 amide bonds. The molecule has 1 saturated heterocycles. The third-order valence-electron chi connectivity index (χ3n) is 6.75. The molecule has 0 radical (unpaired) electrons. The molecule has 1 atom stereocenters. The zero-order valence-corrected chi connectivity index (χ0v) is 19.3. The lowest BCUT2D eigenvalue weighted by Gasteiger charge is -2.31. The Morgan fingerprint density at radius 1 is 1.15 bits per heavy atom. The fourth-order valence-corrected chi connectivity index (χ4v) is 4.66. The highest BCUT2D eigenvalue weighted by Crippen LogP contribution is 2.29. The molecule has 3 rings (SSSR count). The summed E-state index contributed by atoms with van der Waals surface area (Å²) in [5.74, 6) is -0.0960. The Balaban J connectivity index is 1.69. The van der Waals surface area contributed by atoms with Gasteiger partial charge >= 0.3 is 0 Å². The van der Waals surface area contributed by atoms with Crippen molar-refractivity contribution in [1.29, 1.82) is 0 Å². The molecular weight excluding hydrogens is 424 g/mol. The van der Waals surface area contributed by atoms with E-state index in [9.17, 15) is 24.0 Å². The van der Waals surface area contributed by atoms with Crippen molar-refractivity contribution in [3.8, 4) is 0 Å². The molecular formula is C24H32N4O5. The predicted octanol–water partition coefficient (Wildman–Crippen LogP) is 0.849. The fraction of sp³-hybridized carbons (Fsp3) is 0.542. The van der Waals surface area contributed by atoms with E-state index in [4.69, 9.17) is 0 Å². The second-order valence-electron chi connectivity index (χ2n) is 8.91. The van der Waals surface area contributed by atoms with Gasteiger partial charge in [0, 0.05) is 58.8 Å². The summed E-state index contributed by atoms with van der Waals surface area (Å²) in [6.45, 7) is 3.89. The minimum absolute atomic E-state index is 0.128. The molecule has 178 valence electrons. The molecule has 33 heavy (non-hydrogen) atoms. The van der Waals surface area contributed by atoms with E-state index >= 15 is 0 Å². The predicted molar refractivity (Wildman–Crippen MR) is 122 cm³/mol. The van der Waals surface area contributed by atoms with E-state index in [0.717, 1.165) is 56.6 Å². The number of hydrogen-bond donors (Lipinski definition) is 1. The molecule has 1 fully saturated rings. The van der Waals surface area contributed by atoms with Crippen LogP contribution < -0.4 is 5.32 Å². The minimum Gasteiger partial charge on any atom is -0.359 e. The Morgan fingerprint density at radius 3 is 2.39 bits per heavy atom.